The van der Waals surface area contributed by atoms with Crippen LogP contribution in [-0.2, 0) is 11.3 Å². The molecule has 0 saturated carbocycles. The molecule has 0 bridgehead atoms. The summed E-state index contributed by atoms with van der Waals surface area (Å²) in [6.07, 6.45) is 0.581. The second-order valence-electron chi connectivity index (χ2n) is 4.32. The number of hydrogen-bond acceptors (Lipinski definition) is 1. The van der Waals surface area contributed by atoms with Crippen LogP contribution in [0.4, 0.5) is 4.39 Å². The van der Waals surface area contributed by atoms with E-state index in [9.17, 15) is 9.18 Å². The van der Waals surface area contributed by atoms with Crippen LogP contribution in [0.15, 0.2) is 22.7 Å². The van der Waals surface area contributed by atoms with Gasteiger partial charge in [-0.25, -0.2) is 4.39 Å². The number of nitrogens with zero attached hydrogens (tertiary/aromatic N) is 1. The highest BCUT2D eigenvalue weighted by atomic mass is 79.9. The second-order valence-corrected chi connectivity index (χ2v) is 5.23. The zero-order valence-electron chi connectivity index (χ0n) is 9.04. The molecule has 1 aliphatic rings. The van der Waals surface area contributed by atoms with Crippen molar-refractivity contribution in [3.8, 4) is 0 Å². The summed E-state index contributed by atoms with van der Waals surface area (Å²) < 4.78 is 14.3. The van der Waals surface area contributed by atoms with Crippen molar-refractivity contribution < 1.29 is 9.18 Å². The summed E-state index contributed by atoms with van der Waals surface area (Å²) in [5, 5.41) is 0. The first kappa shape index (κ1) is 11.6. The summed E-state index contributed by atoms with van der Waals surface area (Å²) in [4.78, 5) is 13.3. The van der Waals surface area contributed by atoms with Crippen molar-refractivity contribution in [2.75, 3.05) is 6.54 Å². The van der Waals surface area contributed by atoms with Gasteiger partial charge in [0.2, 0.25) is 5.91 Å². The van der Waals surface area contributed by atoms with E-state index < -0.39 is 0 Å². The van der Waals surface area contributed by atoms with Gasteiger partial charge in [0.05, 0.1) is 0 Å². The fourth-order valence-corrected chi connectivity index (χ4v) is 2.31. The highest BCUT2D eigenvalue weighted by molar-refractivity contribution is 9.10. The first-order valence-corrected chi connectivity index (χ1v) is 6.07. The van der Waals surface area contributed by atoms with Gasteiger partial charge in [-0.15, -0.1) is 0 Å². The molecule has 1 unspecified atom stereocenters. The number of hydrogen-bond donors (Lipinski definition) is 0. The third-order valence-electron chi connectivity index (χ3n) is 2.78. The Hall–Kier alpha value is -0.900. The molecule has 4 heteroatoms. The molecule has 0 aromatic heterocycles. The Bertz CT molecular complexity index is 421. The van der Waals surface area contributed by atoms with Gasteiger partial charge in [0, 0.05) is 29.5 Å². The van der Waals surface area contributed by atoms with Crippen LogP contribution in [0.2, 0.25) is 0 Å². The monoisotopic (exact) mass is 285 g/mol. The van der Waals surface area contributed by atoms with Crippen LogP contribution in [0.3, 0.4) is 0 Å². The van der Waals surface area contributed by atoms with Gasteiger partial charge in [0.25, 0.3) is 0 Å². The minimum absolute atomic E-state index is 0.120. The summed E-state index contributed by atoms with van der Waals surface area (Å²) in [5.41, 5.74) is 0.575. The Morgan fingerprint density at radius 3 is 2.88 bits per heavy atom. The van der Waals surface area contributed by atoms with E-state index in [0.29, 0.717) is 24.4 Å². The first-order valence-electron chi connectivity index (χ1n) is 5.28. The fraction of sp³-hybridized carbons (Fsp3) is 0.417. The molecule has 1 amide bonds. The Labute approximate surface area is 103 Å². The molecule has 86 valence electrons. The van der Waals surface area contributed by atoms with Crippen molar-refractivity contribution in [2.24, 2.45) is 5.92 Å². The largest absolute Gasteiger partial charge is 0.338 e. The maximum absolute atomic E-state index is 13.6. The molecular formula is C12H13BrFNO. The van der Waals surface area contributed by atoms with Crippen LogP contribution in [0, 0.1) is 11.7 Å². The van der Waals surface area contributed by atoms with Crippen LogP contribution in [0.25, 0.3) is 0 Å². The van der Waals surface area contributed by atoms with Crippen molar-refractivity contribution in [3.05, 3.63) is 34.1 Å². The van der Waals surface area contributed by atoms with Crippen molar-refractivity contribution in [3.63, 3.8) is 0 Å². The quantitative estimate of drug-likeness (QED) is 0.818. The van der Waals surface area contributed by atoms with E-state index in [4.69, 9.17) is 0 Å². The van der Waals surface area contributed by atoms with E-state index in [1.165, 1.54) is 6.07 Å². The molecule has 16 heavy (non-hydrogen) atoms. The highest BCUT2D eigenvalue weighted by Crippen LogP contribution is 2.22. The number of halogens is 2. The lowest BCUT2D eigenvalue weighted by atomic mass is 10.2. The Morgan fingerprint density at radius 1 is 1.56 bits per heavy atom. The number of likely N-dealkylation sites (tertiary alicyclic amines) is 1. The molecule has 2 rings (SSSR count). The molecule has 1 aliphatic heterocycles. The zero-order chi connectivity index (χ0) is 11.7. The van der Waals surface area contributed by atoms with Gasteiger partial charge in [0.1, 0.15) is 5.82 Å². The topological polar surface area (TPSA) is 20.3 Å². The number of rotatable bonds is 2. The highest BCUT2D eigenvalue weighted by Gasteiger charge is 2.26. The molecule has 0 aliphatic carbocycles. The van der Waals surface area contributed by atoms with E-state index in [-0.39, 0.29) is 11.7 Å². The average Bonchev–Trinajstić information content (AvgIpc) is 2.50. The molecule has 1 aromatic carbocycles. The molecule has 0 radical (unpaired) electrons. The van der Waals surface area contributed by atoms with Crippen molar-refractivity contribution in [2.45, 2.75) is 19.9 Å². The lowest BCUT2D eigenvalue weighted by molar-refractivity contribution is -0.128. The van der Waals surface area contributed by atoms with Crippen LogP contribution in [0.1, 0.15) is 18.9 Å². The van der Waals surface area contributed by atoms with Crippen LogP contribution in [0.5, 0.6) is 0 Å². The predicted molar refractivity (Wildman–Crippen MR) is 63.3 cm³/mol. The van der Waals surface area contributed by atoms with Crippen molar-refractivity contribution in [1.29, 1.82) is 0 Å². The maximum atomic E-state index is 13.6. The van der Waals surface area contributed by atoms with E-state index in [1.807, 2.05) is 6.92 Å². The third kappa shape index (κ3) is 2.43. The lowest BCUT2D eigenvalue weighted by Gasteiger charge is -2.16. The van der Waals surface area contributed by atoms with Gasteiger partial charge in [-0.05, 0) is 18.1 Å². The van der Waals surface area contributed by atoms with Crippen molar-refractivity contribution in [1.82, 2.24) is 4.90 Å². The first-order chi connectivity index (χ1) is 7.56. The molecule has 0 N–H and O–H groups in total. The third-order valence-corrected chi connectivity index (χ3v) is 3.28. The summed E-state index contributed by atoms with van der Waals surface area (Å²) in [6.45, 7) is 3.15. The molecule has 1 saturated heterocycles. The number of carbonyl (C=O) groups excluding carboxylic acids is 1. The Kier molecular flexibility index (Phi) is 3.28. The van der Waals surface area contributed by atoms with Crippen LogP contribution < -0.4 is 0 Å². The summed E-state index contributed by atoms with van der Waals surface area (Å²) in [6, 6.07) is 4.94. The molecular weight excluding hydrogens is 273 g/mol. The smallest absolute Gasteiger partial charge is 0.223 e. The van der Waals surface area contributed by atoms with Gasteiger partial charge >= 0.3 is 0 Å². The molecule has 1 aromatic rings. The van der Waals surface area contributed by atoms with Gasteiger partial charge in [0.15, 0.2) is 0 Å². The van der Waals surface area contributed by atoms with Gasteiger partial charge < -0.3 is 4.90 Å². The number of benzene rings is 1. The second kappa shape index (κ2) is 4.53. The summed E-state index contributed by atoms with van der Waals surface area (Å²) in [7, 11) is 0. The molecule has 1 atom stereocenters. The minimum atomic E-state index is -0.262. The Balaban J connectivity index is 2.12. The normalized spacial score (nSPS) is 20.6. The van der Waals surface area contributed by atoms with Crippen LogP contribution in [-0.4, -0.2) is 17.4 Å². The molecule has 2 nitrogen and oxygen atoms in total. The fourth-order valence-electron chi connectivity index (χ4n) is 1.98. The maximum Gasteiger partial charge on any atom is 0.223 e. The molecule has 1 fully saturated rings. The van der Waals surface area contributed by atoms with E-state index in [2.05, 4.69) is 15.9 Å². The Morgan fingerprint density at radius 2 is 2.31 bits per heavy atom. The number of carbonyl (C=O) groups is 1. The summed E-state index contributed by atoms with van der Waals surface area (Å²) in [5.74, 6) is 0.238. The summed E-state index contributed by atoms with van der Waals surface area (Å²) >= 11 is 3.21. The average molecular weight is 286 g/mol. The van der Waals surface area contributed by atoms with Crippen LogP contribution >= 0.6 is 15.9 Å². The van der Waals surface area contributed by atoms with E-state index in [0.717, 1.165) is 11.0 Å². The molecule has 1 heterocycles. The van der Waals surface area contributed by atoms with Gasteiger partial charge in [-0.2, -0.15) is 0 Å². The van der Waals surface area contributed by atoms with Gasteiger partial charge in [-0.3, -0.25) is 4.79 Å². The minimum Gasteiger partial charge on any atom is -0.338 e. The predicted octanol–water partition coefficient (Wildman–Crippen LogP) is 2.96. The van der Waals surface area contributed by atoms with Crippen molar-refractivity contribution >= 4 is 21.8 Å². The molecule has 0 spiro atoms. The van der Waals surface area contributed by atoms with E-state index >= 15 is 0 Å². The number of amides is 1. The standard InChI is InChI=1S/C12H13BrFNO/c1-8-4-12(16)15(6-8)7-9-2-3-10(13)5-11(9)14/h2-3,5,8H,4,6-7H2,1H3. The SMILES string of the molecule is CC1CC(=O)N(Cc2ccc(Br)cc2F)C1. The zero-order valence-corrected chi connectivity index (χ0v) is 10.6. The van der Waals surface area contributed by atoms with Gasteiger partial charge in [-0.1, -0.05) is 28.9 Å². The van der Waals surface area contributed by atoms with E-state index in [1.54, 1.807) is 17.0 Å². The lowest BCUT2D eigenvalue weighted by Crippen LogP contribution is -2.24.